The van der Waals surface area contributed by atoms with Crippen molar-refractivity contribution in [2.24, 2.45) is 12.0 Å². The molecule has 21 heavy (non-hydrogen) atoms. The maximum atomic E-state index is 11.7. The molecule has 0 atom stereocenters. The van der Waals surface area contributed by atoms with Crippen LogP contribution in [-0.2, 0) is 23.2 Å². The first kappa shape index (κ1) is 14.1. The van der Waals surface area contributed by atoms with Crippen molar-refractivity contribution in [3.05, 3.63) is 45.7 Å². The monoisotopic (exact) mass is 319 g/mol. The van der Waals surface area contributed by atoms with Crippen molar-refractivity contribution in [2.75, 3.05) is 6.61 Å². The molecule has 0 aliphatic heterocycles. The van der Waals surface area contributed by atoms with Crippen LogP contribution in [0.4, 0.5) is 0 Å². The Bertz CT molecular complexity index is 799. The minimum absolute atomic E-state index is 0.0339. The number of rotatable bonds is 4. The standard InChI is InChI=1S/C14H13N3O2S2/c1-17-6-7-20-14(17)16-12(18)8-19-9-13-15-10-4-2-3-5-11(10)21-13/h2-7H,8-9H2,1H3. The second-order valence-electron chi connectivity index (χ2n) is 4.37. The number of carbonyl (C=O) groups excluding carboxylic acids is 1. The Kier molecular flexibility index (Phi) is 4.23. The van der Waals surface area contributed by atoms with E-state index in [0.29, 0.717) is 11.4 Å². The van der Waals surface area contributed by atoms with Crippen molar-refractivity contribution < 1.29 is 9.53 Å². The molecule has 0 fully saturated rings. The van der Waals surface area contributed by atoms with Crippen LogP contribution in [0.25, 0.3) is 10.2 Å². The summed E-state index contributed by atoms with van der Waals surface area (Å²) in [6.07, 6.45) is 1.86. The summed E-state index contributed by atoms with van der Waals surface area (Å²) in [7, 11) is 1.85. The number of carbonyl (C=O) groups is 1. The second kappa shape index (κ2) is 6.30. The van der Waals surface area contributed by atoms with Gasteiger partial charge in [0, 0.05) is 18.6 Å². The van der Waals surface area contributed by atoms with Crippen molar-refractivity contribution in [3.8, 4) is 0 Å². The number of hydrogen-bond donors (Lipinski definition) is 0. The smallest absolute Gasteiger partial charge is 0.274 e. The van der Waals surface area contributed by atoms with Crippen molar-refractivity contribution in [3.63, 3.8) is 0 Å². The van der Waals surface area contributed by atoms with E-state index in [2.05, 4.69) is 9.98 Å². The summed E-state index contributed by atoms with van der Waals surface area (Å²) < 4.78 is 8.32. The number of benzene rings is 1. The molecule has 0 radical (unpaired) electrons. The quantitative estimate of drug-likeness (QED) is 0.741. The topological polar surface area (TPSA) is 56.5 Å². The predicted octanol–water partition coefficient (Wildman–Crippen LogP) is 2.34. The molecule has 0 N–H and O–H groups in total. The molecule has 3 rings (SSSR count). The summed E-state index contributed by atoms with van der Waals surface area (Å²) in [5.41, 5.74) is 0.961. The fourth-order valence-electron chi connectivity index (χ4n) is 1.78. The average Bonchev–Trinajstić information content (AvgIpc) is 3.05. The van der Waals surface area contributed by atoms with Gasteiger partial charge in [-0.3, -0.25) is 4.79 Å². The van der Waals surface area contributed by atoms with Crippen LogP contribution in [0.3, 0.4) is 0 Å². The SMILES string of the molecule is Cn1ccsc1=NC(=O)COCc1nc2ccccc2s1. The molecule has 108 valence electrons. The van der Waals surface area contributed by atoms with E-state index in [9.17, 15) is 4.79 Å². The zero-order valence-electron chi connectivity index (χ0n) is 11.4. The summed E-state index contributed by atoms with van der Waals surface area (Å²) in [6, 6.07) is 7.92. The van der Waals surface area contributed by atoms with Gasteiger partial charge in [0.05, 0.1) is 16.8 Å². The van der Waals surface area contributed by atoms with Crippen LogP contribution in [0, 0.1) is 0 Å². The summed E-state index contributed by atoms with van der Waals surface area (Å²) in [5.74, 6) is -0.283. The van der Waals surface area contributed by atoms with E-state index in [4.69, 9.17) is 4.74 Å². The van der Waals surface area contributed by atoms with Gasteiger partial charge in [0.15, 0.2) is 4.80 Å². The van der Waals surface area contributed by atoms with E-state index in [-0.39, 0.29) is 12.5 Å². The molecule has 0 bridgehead atoms. The van der Waals surface area contributed by atoms with Crippen molar-refractivity contribution >= 4 is 38.8 Å². The molecule has 1 aromatic carbocycles. The first-order chi connectivity index (χ1) is 10.2. The molecule has 3 aromatic rings. The van der Waals surface area contributed by atoms with Gasteiger partial charge >= 0.3 is 0 Å². The van der Waals surface area contributed by atoms with Crippen LogP contribution in [0.5, 0.6) is 0 Å². The number of para-hydroxylation sites is 1. The summed E-state index contributed by atoms with van der Waals surface area (Å²) in [5, 5.41) is 2.75. The maximum Gasteiger partial charge on any atom is 0.274 e. The second-order valence-corrected chi connectivity index (χ2v) is 6.36. The zero-order valence-corrected chi connectivity index (χ0v) is 13.0. The zero-order chi connectivity index (χ0) is 14.7. The Morgan fingerprint density at radius 2 is 2.29 bits per heavy atom. The molecule has 0 unspecified atom stereocenters. The lowest BCUT2D eigenvalue weighted by molar-refractivity contribution is -0.122. The number of aromatic nitrogens is 2. The van der Waals surface area contributed by atoms with E-state index in [0.717, 1.165) is 15.2 Å². The van der Waals surface area contributed by atoms with Gasteiger partial charge in [0.2, 0.25) is 0 Å². The van der Waals surface area contributed by atoms with Gasteiger partial charge in [-0.1, -0.05) is 12.1 Å². The number of hydrogen-bond acceptors (Lipinski definition) is 5. The van der Waals surface area contributed by atoms with Crippen LogP contribution in [0.15, 0.2) is 40.8 Å². The van der Waals surface area contributed by atoms with Gasteiger partial charge in [-0.05, 0) is 12.1 Å². The van der Waals surface area contributed by atoms with E-state index >= 15 is 0 Å². The Balaban J connectivity index is 1.59. The Hall–Kier alpha value is -1.83. The molecule has 0 aliphatic carbocycles. The molecule has 0 aliphatic rings. The highest BCUT2D eigenvalue weighted by Crippen LogP contribution is 2.21. The van der Waals surface area contributed by atoms with Gasteiger partial charge in [-0.25, -0.2) is 4.98 Å². The van der Waals surface area contributed by atoms with Gasteiger partial charge in [-0.15, -0.1) is 22.7 Å². The molecular weight excluding hydrogens is 306 g/mol. The fraction of sp³-hybridized carbons (Fsp3) is 0.214. The lowest BCUT2D eigenvalue weighted by Gasteiger charge is -1.97. The summed E-state index contributed by atoms with van der Waals surface area (Å²) in [6.45, 7) is 0.297. The molecule has 1 amide bonds. The third-order valence-corrected chi connectivity index (χ3v) is 4.63. The average molecular weight is 319 g/mol. The van der Waals surface area contributed by atoms with Gasteiger partial charge in [0.1, 0.15) is 11.6 Å². The minimum atomic E-state index is -0.283. The van der Waals surface area contributed by atoms with Gasteiger partial charge in [-0.2, -0.15) is 4.99 Å². The number of amides is 1. The van der Waals surface area contributed by atoms with Crippen LogP contribution in [0.2, 0.25) is 0 Å². The van der Waals surface area contributed by atoms with Crippen molar-refractivity contribution in [2.45, 2.75) is 6.61 Å². The molecule has 5 nitrogen and oxygen atoms in total. The minimum Gasteiger partial charge on any atom is -0.364 e. The largest absolute Gasteiger partial charge is 0.364 e. The lowest BCUT2D eigenvalue weighted by Crippen LogP contribution is -2.15. The van der Waals surface area contributed by atoms with Crippen LogP contribution in [-0.4, -0.2) is 22.1 Å². The van der Waals surface area contributed by atoms with Gasteiger partial charge in [0.25, 0.3) is 5.91 Å². The lowest BCUT2D eigenvalue weighted by atomic mass is 10.3. The van der Waals surface area contributed by atoms with E-state index in [1.165, 1.54) is 11.3 Å². The molecule has 0 saturated carbocycles. The van der Waals surface area contributed by atoms with E-state index in [1.807, 2.05) is 42.9 Å². The van der Waals surface area contributed by atoms with Gasteiger partial charge < -0.3 is 9.30 Å². The Morgan fingerprint density at radius 3 is 3.05 bits per heavy atom. The van der Waals surface area contributed by atoms with E-state index in [1.54, 1.807) is 15.9 Å². The maximum absolute atomic E-state index is 11.7. The summed E-state index contributed by atoms with van der Waals surface area (Å²) in [4.78, 5) is 20.8. The first-order valence-corrected chi connectivity index (χ1v) is 8.02. The molecular formula is C14H13N3O2S2. The number of fused-ring (bicyclic) bond motifs is 1. The third kappa shape index (κ3) is 3.44. The number of nitrogens with zero attached hydrogens (tertiary/aromatic N) is 3. The molecule has 0 saturated heterocycles. The van der Waals surface area contributed by atoms with Crippen LogP contribution in [0.1, 0.15) is 5.01 Å². The third-order valence-electron chi connectivity index (χ3n) is 2.77. The highest BCUT2D eigenvalue weighted by atomic mass is 32.1. The number of thiazole rings is 2. The highest BCUT2D eigenvalue weighted by molar-refractivity contribution is 7.18. The fourth-order valence-corrected chi connectivity index (χ4v) is 3.43. The number of ether oxygens (including phenoxy) is 1. The Morgan fingerprint density at radius 1 is 1.43 bits per heavy atom. The normalized spacial score (nSPS) is 12.1. The van der Waals surface area contributed by atoms with Crippen molar-refractivity contribution in [1.29, 1.82) is 0 Å². The highest BCUT2D eigenvalue weighted by Gasteiger charge is 2.05. The van der Waals surface area contributed by atoms with Crippen molar-refractivity contribution in [1.82, 2.24) is 9.55 Å². The Labute approximate surface area is 129 Å². The number of aryl methyl sites for hydroxylation is 1. The molecule has 0 spiro atoms. The first-order valence-electron chi connectivity index (χ1n) is 6.32. The van der Waals surface area contributed by atoms with Crippen LogP contribution < -0.4 is 4.80 Å². The molecule has 7 heteroatoms. The summed E-state index contributed by atoms with van der Waals surface area (Å²) >= 11 is 3.00. The molecule has 2 aromatic heterocycles. The predicted molar refractivity (Wildman–Crippen MR) is 83.1 cm³/mol. The molecule has 2 heterocycles. The van der Waals surface area contributed by atoms with Crippen LogP contribution >= 0.6 is 22.7 Å². The van der Waals surface area contributed by atoms with E-state index < -0.39 is 0 Å².